The second-order valence-electron chi connectivity index (χ2n) is 5.68. The van der Waals surface area contributed by atoms with Gasteiger partial charge in [-0.05, 0) is 44.4 Å². The smallest absolute Gasteiger partial charge is 0.468 e. The summed E-state index contributed by atoms with van der Waals surface area (Å²) < 4.78 is 15.6. The molecule has 0 aromatic heterocycles. The van der Waals surface area contributed by atoms with Crippen LogP contribution in [0, 0.1) is 0 Å². The first-order valence-electron chi connectivity index (χ1n) is 7.17. The zero-order valence-electron chi connectivity index (χ0n) is 13.5. The number of halogens is 1. The molecule has 0 heterocycles. The molecule has 128 valence electrons. The van der Waals surface area contributed by atoms with Crippen LogP contribution >= 0.6 is 15.9 Å². The molecule has 1 rings (SSSR count). The van der Waals surface area contributed by atoms with E-state index < -0.39 is 23.8 Å². The van der Waals surface area contributed by atoms with E-state index in [1.807, 2.05) is 24.3 Å². The van der Waals surface area contributed by atoms with E-state index in [2.05, 4.69) is 20.7 Å². The van der Waals surface area contributed by atoms with Gasteiger partial charge in [0.1, 0.15) is 18.2 Å². The Bertz CT molecular complexity index is 530. The number of hydrogen-bond acceptors (Lipinski definition) is 6. The van der Waals surface area contributed by atoms with E-state index in [9.17, 15) is 9.59 Å². The highest BCUT2D eigenvalue weighted by atomic mass is 79.9. The van der Waals surface area contributed by atoms with E-state index in [4.69, 9.17) is 15.2 Å². The number of esters is 1. The number of methoxy groups -OCH3 is 1. The first-order valence-corrected chi connectivity index (χ1v) is 7.96. The van der Waals surface area contributed by atoms with Gasteiger partial charge in [-0.3, -0.25) is 4.79 Å². The Morgan fingerprint density at radius 1 is 1.26 bits per heavy atom. The average molecular weight is 388 g/mol. The first-order chi connectivity index (χ1) is 10.7. The van der Waals surface area contributed by atoms with Gasteiger partial charge in [0, 0.05) is 4.47 Å². The molecular formula is C16H22BrNO5. The number of carbonyl (C=O) groups excluding carboxylic acids is 2. The Morgan fingerprint density at radius 3 is 2.43 bits per heavy atom. The molecule has 6 nitrogen and oxygen atoms in total. The minimum absolute atomic E-state index is 0.283. The average Bonchev–Trinajstić information content (AvgIpc) is 2.50. The molecule has 1 aromatic rings. The van der Waals surface area contributed by atoms with Crippen molar-refractivity contribution in [2.75, 3.05) is 13.7 Å². The molecule has 0 radical (unpaired) electrons. The highest BCUT2D eigenvalue weighted by Crippen LogP contribution is 2.20. The van der Waals surface area contributed by atoms with Crippen molar-refractivity contribution in [1.82, 2.24) is 0 Å². The van der Waals surface area contributed by atoms with Crippen molar-refractivity contribution in [3.63, 3.8) is 0 Å². The Hall–Kier alpha value is -1.60. The molecule has 0 amide bonds. The molecule has 0 aliphatic rings. The van der Waals surface area contributed by atoms with Gasteiger partial charge in [-0.25, -0.2) is 4.79 Å². The number of ether oxygens (including phenoxy) is 3. The SMILES string of the molecule is COC(=O)[C@@H](N)COC(=O)OC(C)(C)CCc1ccc(Br)cc1. The normalized spacial score (nSPS) is 12.4. The molecule has 0 aliphatic carbocycles. The molecule has 23 heavy (non-hydrogen) atoms. The van der Waals surface area contributed by atoms with Gasteiger partial charge in [0.25, 0.3) is 0 Å². The van der Waals surface area contributed by atoms with Crippen LogP contribution in [0.25, 0.3) is 0 Å². The lowest BCUT2D eigenvalue weighted by molar-refractivity contribution is -0.143. The molecule has 1 atom stereocenters. The molecule has 0 saturated heterocycles. The monoisotopic (exact) mass is 387 g/mol. The van der Waals surface area contributed by atoms with Crippen molar-refractivity contribution in [2.24, 2.45) is 5.73 Å². The summed E-state index contributed by atoms with van der Waals surface area (Å²) in [4.78, 5) is 22.8. The topological polar surface area (TPSA) is 87.9 Å². The van der Waals surface area contributed by atoms with Crippen LogP contribution in [0.3, 0.4) is 0 Å². The predicted octanol–water partition coefficient (Wildman–Crippen LogP) is 2.81. The maximum Gasteiger partial charge on any atom is 0.508 e. The molecule has 2 N–H and O–H groups in total. The van der Waals surface area contributed by atoms with E-state index in [0.717, 1.165) is 16.5 Å². The summed E-state index contributed by atoms with van der Waals surface area (Å²) >= 11 is 3.38. The summed E-state index contributed by atoms with van der Waals surface area (Å²) in [5, 5.41) is 0. The summed E-state index contributed by atoms with van der Waals surface area (Å²) in [7, 11) is 1.21. The van der Waals surface area contributed by atoms with Crippen molar-refractivity contribution in [3.8, 4) is 0 Å². The number of nitrogens with two attached hydrogens (primary N) is 1. The molecule has 0 saturated carbocycles. The maximum atomic E-state index is 11.7. The third-order valence-corrected chi connectivity index (χ3v) is 3.70. The minimum atomic E-state index is -1.02. The third kappa shape index (κ3) is 7.47. The van der Waals surface area contributed by atoms with Crippen molar-refractivity contribution >= 4 is 28.1 Å². The molecule has 0 bridgehead atoms. The van der Waals surface area contributed by atoms with Crippen molar-refractivity contribution in [3.05, 3.63) is 34.3 Å². The molecule has 1 aromatic carbocycles. The quantitative estimate of drug-likeness (QED) is 0.723. The first kappa shape index (κ1) is 19.4. The lowest BCUT2D eigenvalue weighted by atomic mass is 9.99. The second kappa shape index (κ2) is 8.88. The van der Waals surface area contributed by atoms with Crippen LogP contribution in [0.1, 0.15) is 25.8 Å². The molecular weight excluding hydrogens is 366 g/mol. The molecule has 0 aliphatic heterocycles. The zero-order chi connectivity index (χ0) is 17.5. The molecule has 0 fully saturated rings. The van der Waals surface area contributed by atoms with E-state index in [1.54, 1.807) is 13.8 Å². The minimum Gasteiger partial charge on any atom is -0.468 e. The Morgan fingerprint density at radius 2 is 1.87 bits per heavy atom. The van der Waals surface area contributed by atoms with Gasteiger partial charge in [-0.2, -0.15) is 0 Å². The van der Waals surface area contributed by atoms with Gasteiger partial charge in [-0.1, -0.05) is 28.1 Å². The molecule has 0 spiro atoms. The number of aryl methyl sites for hydroxylation is 1. The fourth-order valence-electron chi connectivity index (χ4n) is 1.78. The van der Waals surface area contributed by atoms with Crippen molar-refractivity contribution < 1.29 is 23.8 Å². The van der Waals surface area contributed by atoms with Crippen LogP contribution in [0.4, 0.5) is 4.79 Å². The van der Waals surface area contributed by atoms with Gasteiger partial charge in [0.2, 0.25) is 0 Å². The third-order valence-electron chi connectivity index (χ3n) is 3.17. The standard InChI is InChI=1S/C16H22BrNO5/c1-16(2,9-8-11-4-6-12(17)7-5-11)23-15(20)22-10-13(18)14(19)21-3/h4-7,13H,8-10,18H2,1-3H3/t13-/m0/s1. The lowest BCUT2D eigenvalue weighted by Gasteiger charge is -2.24. The van der Waals surface area contributed by atoms with Gasteiger partial charge >= 0.3 is 12.1 Å². The number of hydrogen-bond donors (Lipinski definition) is 1. The van der Waals surface area contributed by atoms with Crippen molar-refractivity contribution in [2.45, 2.75) is 38.3 Å². The number of carbonyl (C=O) groups is 2. The summed E-state index contributed by atoms with van der Waals surface area (Å²) in [6, 6.07) is 6.93. The summed E-state index contributed by atoms with van der Waals surface area (Å²) in [5.74, 6) is -0.646. The zero-order valence-corrected chi connectivity index (χ0v) is 15.1. The lowest BCUT2D eigenvalue weighted by Crippen LogP contribution is -2.38. The van der Waals surface area contributed by atoms with Crippen molar-refractivity contribution in [1.29, 1.82) is 0 Å². The highest BCUT2D eigenvalue weighted by molar-refractivity contribution is 9.10. The fourth-order valence-corrected chi connectivity index (χ4v) is 2.04. The van der Waals surface area contributed by atoms with Crippen LogP contribution in [0.5, 0.6) is 0 Å². The maximum absolute atomic E-state index is 11.7. The summed E-state index contributed by atoms with van der Waals surface area (Å²) in [5.41, 5.74) is 5.92. The fraction of sp³-hybridized carbons (Fsp3) is 0.500. The van der Waals surface area contributed by atoms with Gasteiger partial charge < -0.3 is 19.9 Å². The second-order valence-corrected chi connectivity index (χ2v) is 6.59. The van der Waals surface area contributed by atoms with E-state index in [1.165, 1.54) is 7.11 Å². The van der Waals surface area contributed by atoms with Crippen LogP contribution in [-0.2, 0) is 25.4 Å². The van der Waals surface area contributed by atoms with Crippen LogP contribution < -0.4 is 5.73 Å². The number of benzene rings is 1. The van der Waals surface area contributed by atoms with Crippen LogP contribution in [0.2, 0.25) is 0 Å². The van der Waals surface area contributed by atoms with E-state index in [-0.39, 0.29) is 6.61 Å². The largest absolute Gasteiger partial charge is 0.508 e. The number of rotatable bonds is 7. The summed E-state index contributed by atoms with van der Waals surface area (Å²) in [6.07, 6.45) is 0.535. The highest BCUT2D eigenvalue weighted by Gasteiger charge is 2.25. The predicted molar refractivity (Wildman–Crippen MR) is 89.0 cm³/mol. The van der Waals surface area contributed by atoms with Crippen LogP contribution in [-0.4, -0.2) is 37.5 Å². The Balaban J connectivity index is 2.39. The van der Waals surface area contributed by atoms with E-state index in [0.29, 0.717) is 6.42 Å². The van der Waals surface area contributed by atoms with E-state index >= 15 is 0 Å². The van der Waals surface area contributed by atoms with Gasteiger partial charge in [0.15, 0.2) is 0 Å². The molecule has 0 unspecified atom stereocenters. The van der Waals surface area contributed by atoms with Gasteiger partial charge in [0.05, 0.1) is 7.11 Å². The Labute approximate surface area is 144 Å². The summed E-state index contributed by atoms with van der Waals surface area (Å²) in [6.45, 7) is 3.31. The van der Waals surface area contributed by atoms with Gasteiger partial charge in [-0.15, -0.1) is 0 Å². The molecule has 7 heteroatoms. The Kier molecular flexibility index (Phi) is 7.51. The van der Waals surface area contributed by atoms with Crippen LogP contribution in [0.15, 0.2) is 28.7 Å².